The van der Waals surface area contributed by atoms with E-state index in [1.165, 1.54) is 0 Å². The third-order valence-electron chi connectivity index (χ3n) is 2.91. The number of hydrogen-bond donors (Lipinski definition) is 1. The van der Waals surface area contributed by atoms with Crippen LogP contribution in [0.2, 0.25) is 0 Å². The fraction of sp³-hybridized carbons (Fsp3) is 0.917. The SMILES string of the molecule is CSCCCN1C(=O)C(C)NC1CC(C)C. The van der Waals surface area contributed by atoms with Crippen molar-refractivity contribution in [2.45, 2.75) is 45.8 Å². The van der Waals surface area contributed by atoms with Gasteiger partial charge in [0.2, 0.25) is 5.91 Å². The van der Waals surface area contributed by atoms with E-state index in [1.54, 1.807) is 0 Å². The van der Waals surface area contributed by atoms with E-state index in [0.29, 0.717) is 5.92 Å². The molecule has 94 valence electrons. The quantitative estimate of drug-likeness (QED) is 0.725. The first-order valence-corrected chi connectivity index (χ1v) is 7.51. The van der Waals surface area contributed by atoms with Crippen LogP contribution in [0.5, 0.6) is 0 Å². The highest BCUT2D eigenvalue weighted by Gasteiger charge is 2.35. The highest BCUT2D eigenvalue weighted by Crippen LogP contribution is 2.18. The van der Waals surface area contributed by atoms with Gasteiger partial charge in [0, 0.05) is 6.54 Å². The second-order valence-electron chi connectivity index (χ2n) is 4.91. The molecule has 4 heteroatoms. The predicted octanol–water partition coefficient (Wildman–Crippen LogP) is 1.93. The van der Waals surface area contributed by atoms with Crippen molar-refractivity contribution in [3.63, 3.8) is 0 Å². The fourth-order valence-corrected chi connectivity index (χ4v) is 2.56. The third-order valence-corrected chi connectivity index (χ3v) is 3.61. The van der Waals surface area contributed by atoms with Gasteiger partial charge in [-0.3, -0.25) is 10.1 Å². The van der Waals surface area contributed by atoms with Crippen molar-refractivity contribution in [2.75, 3.05) is 18.6 Å². The summed E-state index contributed by atoms with van der Waals surface area (Å²) in [6, 6.07) is -0.00182. The number of nitrogens with one attached hydrogen (secondary N) is 1. The molecule has 0 bridgehead atoms. The molecule has 1 amide bonds. The maximum absolute atomic E-state index is 11.9. The van der Waals surface area contributed by atoms with Crippen LogP contribution in [0.3, 0.4) is 0 Å². The Balaban J connectivity index is 2.50. The van der Waals surface area contributed by atoms with Gasteiger partial charge < -0.3 is 4.90 Å². The zero-order chi connectivity index (χ0) is 12.1. The van der Waals surface area contributed by atoms with Crippen molar-refractivity contribution in [1.82, 2.24) is 10.2 Å². The van der Waals surface area contributed by atoms with Crippen LogP contribution < -0.4 is 5.32 Å². The van der Waals surface area contributed by atoms with Crippen LogP contribution in [0.15, 0.2) is 0 Å². The Labute approximate surface area is 103 Å². The van der Waals surface area contributed by atoms with Gasteiger partial charge in [-0.05, 0) is 37.7 Å². The average Bonchev–Trinajstić information content (AvgIpc) is 2.45. The first-order chi connectivity index (χ1) is 7.56. The van der Waals surface area contributed by atoms with Gasteiger partial charge in [0.1, 0.15) is 0 Å². The highest BCUT2D eigenvalue weighted by atomic mass is 32.2. The van der Waals surface area contributed by atoms with E-state index in [2.05, 4.69) is 25.4 Å². The van der Waals surface area contributed by atoms with Crippen LogP contribution in [0.4, 0.5) is 0 Å². The Morgan fingerprint density at radius 1 is 1.50 bits per heavy atom. The van der Waals surface area contributed by atoms with Crippen LogP contribution in [0.1, 0.15) is 33.6 Å². The minimum Gasteiger partial charge on any atom is -0.326 e. The van der Waals surface area contributed by atoms with Crippen molar-refractivity contribution < 1.29 is 4.79 Å². The number of amides is 1. The third kappa shape index (κ3) is 3.67. The molecule has 0 aliphatic carbocycles. The van der Waals surface area contributed by atoms with Gasteiger partial charge in [-0.25, -0.2) is 0 Å². The average molecular weight is 244 g/mol. The van der Waals surface area contributed by atoms with Gasteiger partial charge >= 0.3 is 0 Å². The number of rotatable bonds is 6. The van der Waals surface area contributed by atoms with Gasteiger partial charge in [0.25, 0.3) is 0 Å². The monoisotopic (exact) mass is 244 g/mol. The minimum atomic E-state index is -0.00182. The van der Waals surface area contributed by atoms with Crippen molar-refractivity contribution >= 4 is 17.7 Å². The molecule has 2 unspecified atom stereocenters. The van der Waals surface area contributed by atoms with Gasteiger partial charge in [-0.1, -0.05) is 13.8 Å². The Bertz CT molecular complexity index is 233. The summed E-state index contributed by atoms with van der Waals surface area (Å²) in [4.78, 5) is 14.0. The molecule has 1 N–H and O–H groups in total. The lowest BCUT2D eigenvalue weighted by atomic mass is 10.1. The van der Waals surface area contributed by atoms with E-state index < -0.39 is 0 Å². The highest BCUT2D eigenvalue weighted by molar-refractivity contribution is 7.98. The lowest BCUT2D eigenvalue weighted by Gasteiger charge is -2.25. The fourth-order valence-electron chi connectivity index (χ4n) is 2.14. The summed E-state index contributed by atoms with van der Waals surface area (Å²) in [7, 11) is 0. The van der Waals surface area contributed by atoms with E-state index >= 15 is 0 Å². The molecular weight excluding hydrogens is 220 g/mol. The molecule has 0 aromatic heterocycles. The molecule has 0 aromatic carbocycles. The van der Waals surface area contributed by atoms with Crippen LogP contribution in [0, 0.1) is 5.92 Å². The van der Waals surface area contributed by atoms with Gasteiger partial charge in [0.15, 0.2) is 0 Å². The van der Waals surface area contributed by atoms with Crippen LogP contribution in [-0.4, -0.2) is 41.6 Å². The zero-order valence-electron chi connectivity index (χ0n) is 10.8. The number of nitrogens with zero attached hydrogens (tertiary/aromatic N) is 1. The lowest BCUT2D eigenvalue weighted by Crippen LogP contribution is -2.39. The molecule has 1 fully saturated rings. The second kappa shape index (κ2) is 6.50. The summed E-state index contributed by atoms with van der Waals surface area (Å²) in [6.07, 6.45) is 4.51. The molecule has 1 rings (SSSR count). The first-order valence-electron chi connectivity index (χ1n) is 6.11. The standard InChI is InChI=1S/C12H24N2OS/c1-9(2)8-11-13-10(3)12(15)14(11)6-5-7-16-4/h9-11,13H,5-8H2,1-4H3. The maximum Gasteiger partial charge on any atom is 0.240 e. The molecule has 1 aliphatic heterocycles. The van der Waals surface area contributed by atoms with E-state index in [9.17, 15) is 4.79 Å². The van der Waals surface area contributed by atoms with E-state index in [1.807, 2.05) is 23.6 Å². The Kier molecular flexibility index (Phi) is 5.62. The number of carbonyl (C=O) groups excluding carboxylic acids is 1. The van der Waals surface area contributed by atoms with Crippen LogP contribution >= 0.6 is 11.8 Å². The molecule has 3 nitrogen and oxygen atoms in total. The van der Waals surface area contributed by atoms with E-state index in [0.717, 1.165) is 25.1 Å². The molecule has 1 heterocycles. The Morgan fingerprint density at radius 3 is 2.75 bits per heavy atom. The van der Waals surface area contributed by atoms with Crippen molar-refractivity contribution in [1.29, 1.82) is 0 Å². The second-order valence-corrected chi connectivity index (χ2v) is 5.90. The van der Waals surface area contributed by atoms with Gasteiger partial charge in [-0.2, -0.15) is 11.8 Å². The van der Waals surface area contributed by atoms with Gasteiger partial charge in [0.05, 0.1) is 12.2 Å². The number of hydrogen-bond acceptors (Lipinski definition) is 3. The summed E-state index contributed by atoms with van der Waals surface area (Å²) in [6.45, 7) is 7.27. The molecule has 0 aromatic rings. The lowest BCUT2D eigenvalue weighted by molar-refractivity contribution is -0.129. The first kappa shape index (κ1) is 13.8. The number of carbonyl (C=O) groups is 1. The zero-order valence-corrected chi connectivity index (χ0v) is 11.6. The smallest absolute Gasteiger partial charge is 0.240 e. The Morgan fingerprint density at radius 2 is 2.19 bits per heavy atom. The molecule has 1 saturated heterocycles. The predicted molar refractivity (Wildman–Crippen MR) is 70.6 cm³/mol. The normalized spacial score (nSPS) is 25.8. The largest absolute Gasteiger partial charge is 0.326 e. The summed E-state index contributed by atoms with van der Waals surface area (Å²) >= 11 is 1.84. The van der Waals surface area contributed by atoms with E-state index in [4.69, 9.17) is 0 Å². The Hall–Kier alpha value is -0.220. The topological polar surface area (TPSA) is 32.3 Å². The molecule has 0 saturated carbocycles. The van der Waals surface area contributed by atoms with Crippen molar-refractivity contribution in [2.24, 2.45) is 5.92 Å². The summed E-state index contributed by atoms with van der Waals surface area (Å²) in [5.41, 5.74) is 0. The summed E-state index contributed by atoms with van der Waals surface area (Å²) in [5, 5.41) is 3.38. The van der Waals surface area contributed by atoms with Crippen molar-refractivity contribution in [3.8, 4) is 0 Å². The summed E-state index contributed by atoms with van der Waals surface area (Å²) < 4.78 is 0. The van der Waals surface area contributed by atoms with Crippen molar-refractivity contribution in [3.05, 3.63) is 0 Å². The minimum absolute atomic E-state index is 0.00182. The molecule has 16 heavy (non-hydrogen) atoms. The molecule has 2 atom stereocenters. The van der Waals surface area contributed by atoms with Crippen LogP contribution in [0.25, 0.3) is 0 Å². The summed E-state index contributed by atoms with van der Waals surface area (Å²) in [5.74, 6) is 2.03. The van der Waals surface area contributed by atoms with Gasteiger partial charge in [-0.15, -0.1) is 0 Å². The number of thioether (sulfide) groups is 1. The molecule has 0 radical (unpaired) electrons. The van der Waals surface area contributed by atoms with E-state index in [-0.39, 0.29) is 18.1 Å². The molecule has 0 spiro atoms. The maximum atomic E-state index is 11.9. The molecule has 1 aliphatic rings. The van der Waals surface area contributed by atoms with Crippen LogP contribution in [-0.2, 0) is 4.79 Å². The molecular formula is C12H24N2OS.